The molecule has 1 fully saturated rings. The van der Waals surface area contributed by atoms with E-state index in [-0.39, 0.29) is 16.7 Å². The minimum atomic E-state index is -1.72. The van der Waals surface area contributed by atoms with Gasteiger partial charge in [0.1, 0.15) is 6.10 Å². The van der Waals surface area contributed by atoms with Gasteiger partial charge in [-0.1, -0.05) is 73.1 Å². The molecular formula is C30H53NO8. The third-order valence-electron chi connectivity index (χ3n) is 8.37. The average Bonchev–Trinajstić information content (AvgIpc) is 2.84. The number of ether oxygens (including phenoxy) is 1. The topological polar surface area (TPSA) is 150 Å². The average molecular weight is 556 g/mol. The highest BCUT2D eigenvalue weighted by atomic mass is 16.5. The van der Waals surface area contributed by atoms with Gasteiger partial charge in [-0.25, -0.2) is 0 Å². The summed E-state index contributed by atoms with van der Waals surface area (Å²) < 4.78 is 5.98. The number of carboxylic acids is 3. The molecule has 226 valence electrons. The summed E-state index contributed by atoms with van der Waals surface area (Å²) in [5.74, 6) is -8.59. The molecule has 0 radical (unpaired) electrons. The number of rotatable bonds is 20. The van der Waals surface area contributed by atoms with Crippen LogP contribution in [0.3, 0.4) is 0 Å². The molecule has 3 atom stereocenters. The fourth-order valence-electron chi connectivity index (χ4n) is 5.90. The summed E-state index contributed by atoms with van der Waals surface area (Å²) in [6, 6.07) is 0. The third-order valence-corrected chi connectivity index (χ3v) is 8.37. The Bertz CT molecular complexity index is 788. The number of nitrogens with one attached hydrogen (secondary N) is 1. The molecule has 1 aliphatic rings. The van der Waals surface area contributed by atoms with Crippen LogP contribution in [0.4, 0.5) is 0 Å². The molecule has 1 rings (SSSR count). The van der Waals surface area contributed by atoms with Gasteiger partial charge >= 0.3 is 23.9 Å². The van der Waals surface area contributed by atoms with Crippen LogP contribution >= 0.6 is 0 Å². The Morgan fingerprint density at radius 3 is 1.87 bits per heavy atom. The lowest BCUT2D eigenvalue weighted by atomic mass is 9.71. The van der Waals surface area contributed by atoms with E-state index in [9.17, 15) is 29.4 Å². The van der Waals surface area contributed by atoms with Gasteiger partial charge in [0.05, 0.1) is 24.7 Å². The van der Waals surface area contributed by atoms with Crippen molar-refractivity contribution in [1.82, 2.24) is 5.32 Å². The van der Waals surface area contributed by atoms with Crippen LogP contribution in [0.25, 0.3) is 0 Å². The third kappa shape index (κ3) is 13.2. The maximum Gasteiger partial charge on any atom is 0.307 e. The zero-order chi connectivity index (χ0) is 29.6. The van der Waals surface area contributed by atoms with E-state index in [2.05, 4.69) is 39.9 Å². The van der Waals surface area contributed by atoms with Crippen molar-refractivity contribution < 1.29 is 39.2 Å². The number of carboxylic acid groups (broad SMARTS) is 3. The number of hydrogen-bond donors (Lipinski definition) is 4. The first-order valence-corrected chi connectivity index (χ1v) is 14.8. The standard InChI is InChI=1S/C30H53NO8/c1-6-7-8-9-10-14-29(2,3)15-11-16-30(4,5)26(21-12-17-31-18-13-21)39-25(34)20-23(28(37)38)22(27(35)36)19-24(32)33/h21-23,26,31H,6-20H2,1-5H3,(H,32,33)(H,35,36)(H,37,38). The first-order chi connectivity index (χ1) is 18.2. The van der Waals surface area contributed by atoms with Gasteiger partial charge in [0.2, 0.25) is 0 Å². The van der Waals surface area contributed by atoms with E-state index < -0.39 is 54.7 Å². The summed E-state index contributed by atoms with van der Waals surface area (Å²) >= 11 is 0. The Morgan fingerprint density at radius 1 is 0.795 bits per heavy atom. The van der Waals surface area contributed by atoms with Gasteiger partial charge in [0.25, 0.3) is 0 Å². The molecule has 1 aliphatic heterocycles. The van der Waals surface area contributed by atoms with Gasteiger partial charge < -0.3 is 25.4 Å². The van der Waals surface area contributed by atoms with E-state index >= 15 is 0 Å². The zero-order valence-corrected chi connectivity index (χ0v) is 24.8. The predicted octanol–water partition coefficient (Wildman–Crippen LogP) is 5.75. The number of unbranched alkanes of at least 4 members (excludes halogenated alkanes) is 4. The van der Waals surface area contributed by atoms with Gasteiger partial charge in [-0.05, 0) is 56.5 Å². The van der Waals surface area contributed by atoms with Gasteiger partial charge in [-0.15, -0.1) is 0 Å². The van der Waals surface area contributed by atoms with Crippen LogP contribution in [-0.4, -0.2) is 58.4 Å². The number of esters is 1. The van der Waals surface area contributed by atoms with Crippen LogP contribution in [-0.2, 0) is 23.9 Å². The fourth-order valence-corrected chi connectivity index (χ4v) is 5.90. The lowest BCUT2D eigenvalue weighted by molar-refractivity contribution is -0.169. The lowest BCUT2D eigenvalue weighted by Crippen LogP contribution is -2.45. The van der Waals surface area contributed by atoms with E-state index in [0.717, 1.165) is 45.2 Å². The highest BCUT2D eigenvalue weighted by Gasteiger charge is 2.42. The smallest absolute Gasteiger partial charge is 0.307 e. The second-order valence-corrected chi connectivity index (χ2v) is 12.9. The summed E-state index contributed by atoms with van der Waals surface area (Å²) in [5, 5.41) is 31.4. The summed E-state index contributed by atoms with van der Waals surface area (Å²) in [4.78, 5) is 47.6. The molecule has 0 amide bonds. The largest absolute Gasteiger partial charge is 0.481 e. The summed E-state index contributed by atoms with van der Waals surface area (Å²) in [7, 11) is 0. The molecule has 0 spiro atoms. The number of hydrogen-bond acceptors (Lipinski definition) is 6. The van der Waals surface area contributed by atoms with Crippen molar-refractivity contribution in [2.24, 2.45) is 28.6 Å². The highest BCUT2D eigenvalue weighted by molar-refractivity contribution is 5.86. The number of carbonyl (C=O) groups is 4. The number of aliphatic carboxylic acids is 3. The van der Waals surface area contributed by atoms with Crippen LogP contribution in [0, 0.1) is 28.6 Å². The molecule has 0 aliphatic carbocycles. The van der Waals surface area contributed by atoms with Crippen LogP contribution in [0.5, 0.6) is 0 Å². The zero-order valence-electron chi connectivity index (χ0n) is 24.8. The molecular weight excluding hydrogens is 502 g/mol. The minimum Gasteiger partial charge on any atom is -0.481 e. The van der Waals surface area contributed by atoms with Crippen LogP contribution < -0.4 is 5.32 Å². The van der Waals surface area contributed by atoms with Crippen molar-refractivity contribution in [2.75, 3.05) is 13.1 Å². The van der Waals surface area contributed by atoms with Gasteiger partial charge in [0.15, 0.2) is 0 Å². The summed E-state index contributed by atoms with van der Waals surface area (Å²) in [6.45, 7) is 12.6. The summed E-state index contributed by atoms with van der Waals surface area (Å²) in [5.41, 5.74) is -0.130. The quantitative estimate of drug-likeness (QED) is 0.109. The molecule has 9 nitrogen and oxygen atoms in total. The highest BCUT2D eigenvalue weighted by Crippen LogP contribution is 2.40. The molecule has 0 bridgehead atoms. The van der Waals surface area contributed by atoms with Crippen molar-refractivity contribution in [3.05, 3.63) is 0 Å². The minimum absolute atomic E-state index is 0.106. The van der Waals surface area contributed by atoms with Crippen LogP contribution in [0.15, 0.2) is 0 Å². The number of piperidine rings is 1. The Balaban J connectivity index is 2.90. The van der Waals surface area contributed by atoms with Crippen molar-refractivity contribution in [3.63, 3.8) is 0 Å². The molecule has 3 unspecified atom stereocenters. The van der Waals surface area contributed by atoms with Crippen molar-refractivity contribution in [1.29, 1.82) is 0 Å². The van der Waals surface area contributed by atoms with Gasteiger partial charge in [-0.2, -0.15) is 0 Å². The molecule has 1 heterocycles. The monoisotopic (exact) mass is 555 g/mol. The number of carbonyl (C=O) groups excluding carboxylic acids is 1. The SMILES string of the molecule is CCCCCCCC(C)(C)CCCC(C)(C)C(OC(=O)CC(C(=O)O)C(CC(=O)O)C(=O)O)C1CCNCC1. The first kappa shape index (κ1) is 34.9. The van der Waals surface area contributed by atoms with Crippen molar-refractivity contribution in [3.8, 4) is 0 Å². The Hall–Kier alpha value is -2.16. The van der Waals surface area contributed by atoms with Gasteiger partial charge in [-0.3, -0.25) is 19.2 Å². The van der Waals surface area contributed by atoms with E-state index in [4.69, 9.17) is 9.84 Å². The van der Waals surface area contributed by atoms with Crippen molar-refractivity contribution >= 4 is 23.9 Å². The molecule has 0 aromatic carbocycles. The Kier molecular flexibility index (Phi) is 15.0. The molecule has 39 heavy (non-hydrogen) atoms. The molecule has 1 saturated heterocycles. The maximum absolute atomic E-state index is 13.1. The molecule has 9 heteroatoms. The lowest BCUT2D eigenvalue weighted by Gasteiger charge is -2.41. The normalized spacial score (nSPS) is 17.3. The Morgan fingerprint density at radius 2 is 1.33 bits per heavy atom. The summed E-state index contributed by atoms with van der Waals surface area (Å²) in [6.07, 6.45) is 10.0. The molecule has 4 N–H and O–H groups in total. The van der Waals surface area contributed by atoms with E-state index in [0.29, 0.717) is 0 Å². The second-order valence-electron chi connectivity index (χ2n) is 12.9. The van der Waals surface area contributed by atoms with Crippen molar-refractivity contribution in [2.45, 2.75) is 124 Å². The molecule has 0 aromatic rings. The Labute approximate surface area is 234 Å². The van der Waals surface area contributed by atoms with E-state index in [1.165, 1.54) is 38.5 Å². The van der Waals surface area contributed by atoms with Crippen LogP contribution in [0.2, 0.25) is 0 Å². The first-order valence-electron chi connectivity index (χ1n) is 14.8. The second kappa shape index (κ2) is 16.8. The maximum atomic E-state index is 13.1. The molecule has 0 aromatic heterocycles. The van der Waals surface area contributed by atoms with Crippen LogP contribution in [0.1, 0.15) is 118 Å². The predicted molar refractivity (Wildman–Crippen MR) is 149 cm³/mol. The van der Waals surface area contributed by atoms with Gasteiger partial charge in [0, 0.05) is 5.41 Å². The van der Waals surface area contributed by atoms with E-state index in [1.54, 1.807) is 0 Å². The van der Waals surface area contributed by atoms with E-state index in [1.807, 2.05) is 0 Å². The molecule has 0 saturated carbocycles. The fraction of sp³-hybridized carbons (Fsp3) is 0.867.